The molecule has 2 aromatic carbocycles. The van der Waals surface area contributed by atoms with Crippen molar-refractivity contribution in [1.82, 2.24) is 14.6 Å². The molecule has 5 rings (SSSR count). The molecule has 0 radical (unpaired) electrons. The number of carbonyl (C=O) groups is 1. The number of benzene rings is 2. The maximum atomic E-state index is 12.4. The molecule has 2 N–H and O–H groups in total. The van der Waals surface area contributed by atoms with Crippen molar-refractivity contribution in [2.24, 2.45) is 5.92 Å². The monoisotopic (exact) mass is 431 g/mol. The van der Waals surface area contributed by atoms with Gasteiger partial charge in [0.15, 0.2) is 5.65 Å². The van der Waals surface area contributed by atoms with Crippen molar-refractivity contribution < 1.29 is 9.00 Å². The molecule has 1 saturated carbocycles. The van der Waals surface area contributed by atoms with E-state index < -0.39 is 11.0 Å². The van der Waals surface area contributed by atoms with E-state index in [4.69, 9.17) is 0 Å². The van der Waals surface area contributed by atoms with Crippen LogP contribution in [0, 0.1) is 5.92 Å². The molecular formula is C23H21N5O2S. The Morgan fingerprint density at radius 2 is 1.77 bits per heavy atom. The quantitative estimate of drug-likeness (QED) is 0.463. The van der Waals surface area contributed by atoms with E-state index in [1.165, 1.54) is 0 Å². The summed E-state index contributed by atoms with van der Waals surface area (Å²) in [6.07, 6.45) is 1.86. The van der Waals surface area contributed by atoms with Crippen LogP contribution in [0.4, 0.5) is 11.6 Å². The van der Waals surface area contributed by atoms with E-state index >= 15 is 0 Å². The number of carbonyl (C=O) groups excluding carboxylic acids is 1. The first-order valence-corrected chi connectivity index (χ1v) is 11.4. The van der Waals surface area contributed by atoms with Crippen molar-refractivity contribution >= 4 is 34.2 Å². The number of aromatic nitrogens is 3. The number of fused-ring (bicyclic) bond motifs is 1. The number of anilines is 2. The lowest BCUT2D eigenvalue weighted by Crippen LogP contribution is -2.14. The van der Waals surface area contributed by atoms with E-state index in [1.807, 2.05) is 72.8 Å². The molecule has 156 valence electrons. The highest BCUT2D eigenvalue weighted by Gasteiger charge is 2.30. The number of amides is 1. The van der Waals surface area contributed by atoms with Crippen molar-refractivity contribution in [3.05, 3.63) is 78.4 Å². The van der Waals surface area contributed by atoms with E-state index in [9.17, 15) is 9.00 Å². The van der Waals surface area contributed by atoms with Crippen molar-refractivity contribution in [2.75, 3.05) is 10.0 Å². The SMILES string of the molecule is O=C(Nc1nc2cccc(-c3ccc(NS(=O)Cc4ccccc4)cc3)n2n1)C1CC1. The molecule has 1 fully saturated rings. The van der Waals surface area contributed by atoms with Gasteiger partial charge in [-0.2, -0.15) is 4.98 Å². The Balaban J connectivity index is 1.32. The van der Waals surface area contributed by atoms with E-state index in [-0.39, 0.29) is 11.8 Å². The normalized spacial score (nSPS) is 14.3. The third kappa shape index (κ3) is 4.49. The van der Waals surface area contributed by atoms with E-state index in [2.05, 4.69) is 20.1 Å². The van der Waals surface area contributed by atoms with Gasteiger partial charge in [-0.1, -0.05) is 48.5 Å². The molecule has 1 amide bonds. The Bertz CT molecular complexity index is 1250. The van der Waals surface area contributed by atoms with Crippen molar-refractivity contribution in [2.45, 2.75) is 18.6 Å². The first-order chi connectivity index (χ1) is 15.2. The lowest BCUT2D eigenvalue weighted by Gasteiger charge is -2.08. The molecule has 2 heterocycles. The van der Waals surface area contributed by atoms with Crippen LogP contribution in [-0.4, -0.2) is 24.7 Å². The van der Waals surface area contributed by atoms with Crippen LogP contribution >= 0.6 is 0 Å². The van der Waals surface area contributed by atoms with Crippen LogP contribution in [0.25, 0.3) is 16.9 Å². The molecule has 8 heteroatoms. The van der Waals surface area contributed by atoms with E-state index in [0.717, 1.165) is 35.3 Å². The second-order valence-electron chi connectivity index (χ2n) is 7.53. The molecule has 31 heavy (non-hydrogen) atoms. The topological polar surface area (TPSA) is 88.4 Å². The molecule has 1 unspecified atom stereocenters. The summed E-state index contributed by atoms with van der Waals surface area (Å²) in [5.41, 5.74) is 4.26. The second-order valence-corrected chi connectivity index (χ2v) is 8.72. The minimum absolute atomic E-state index is 0.0172. The fourth-order valence-electron chi connectivity index (χ4n) is 3.34. The largest absolute Gasteiger partial charge is 0.305 e. The van der Waals surface area contributed by atoms with Crippen LogP contribution in [0.15, 0.2) is 72.8 Å². The fourth-order valence-corrected chi connectivity index (χ4v) is 4.30. The van der Waals surface area contributed by atoms with Gasteiger partial charge in [0, 0.05) is 17.2 Å². The number of pyridine rings is 1. The third-order valence-electron chi connectivity index (χ3n) is 5.10. The molecular weight excluding hydrogens is 410 g/mol. The van der Waals surface area contributed by atoms with Crippen LogP contribution in [0.5, 0.6) is 0 Å². The number of nitrogens with one attached hydrogen (secondary N) is 2. The second kappa shape index (κ2) is 8.31. The zero-order chi connectivity index (χ0) is 21.2. The first-order valence-electron chi connectivity index (χ1n) is 10.1. The average molecular weight is 432 g/mol. The molecule has 1 aliphatic rings. The molecule has 4 aromatic rings. The molecule has 0 bridgehead atoms. The summed E-state index contributed by atoms with van der Waals surface area (Å²) in [7, 11) is -1.21. The zero-order valence-corrected chi connectivity index (χ0v) is 17.5. The number of hydrogen-bond acceptors (Lipinski definition) is 4. The first kappa shape index (κ1) is 19.4. The summed E-state index contributed by atoms with van der Waals surface area (Å²) in [6, 6.07) is 23.1. The number of nitrogens with zero attached hydrogens (tertiary/aromatic N) is 3. The van der Waals surface area contributed by atoms with Gasteiger partial charge >= 0.3 is 0 Å². The summed E-state index contributed by atoms with van der Waals surface area (Å²) in [4.78, 5) is 16.4. The Labute approximate surface area is 182 Å². The third-order valence-corrected chi connectivity index (χ3v) is 6.15. The number of rotatable bonds is 7. The van der Waals surface area contributed by atoms with Gasteiger partial charge in [0.2, 0.25) is 11.9 Å². The standard InChI is InChI=1S/C23H21N5O2S/c29-22(18-9-10-18)25-23-24-21-8-4-7-20(28(21)26-23)17-11-13-19(14-12-17)27-31(30)15-16-5-2-1-3-6-16/h1-8,11-14,18,27H,9-10,15H2,(H,25,26,29). The number of hydrogen-bond donors (Lipinski definition) is 2. The summed E-state index contributed by atoms with van der Waals surface area (Å²) in [6.45, 7) is 0. The molecule has 2 aromatic heterocycles. The van der Waals surface area contributed by atoms with E-state index in [1.54, 1.807) is 4.52 Å². The van der Waals surface area contributed by atoms with Gasteiger partial charge in [-0.15, -0.1) is 5.10 Å². The van der Waals surface area contributed by atoms with Gasteiger partial charge in [-0.3, -0.25) is 10.1 Å². The molecule has 1 atom stereocenters. The highest BCUT2D eigenvalue weighted by Crippen LogP contribution is 2.30. The van der Waals surface area contributed by atoms with Gasteiger partial charge in [0.05, 0.1) is 11.4 Å². The van der Waals surface area contributed by atoms with Gasteiger partial charge in [0.1, 0.15) is 11.0 Å². The molecule has 1 aliphatic carbocycles. The van der Waals surface area contributed by atoms with Crippen LogP contribution in [0.3, 0.4) is 0 Å². The maximum absolute atomic E-state index is 12.4. The lowest BCUT2D eigenvalue weighted by molar-refractivity contribution is -0.117. The summed E-state index contributed by atoms with van der Waals surface area (Å²) in [5, 5.41) is 7.26. The van der Waals surface area contributed by atoms with Gasteiger partial charge in [0.25, 0.3) is 0 Å². The fraction of sp³-hybridized carbons (Fsp3) is 0.174. The molecule has 7 nitrogen and oxygen atoms in total. The van der Waals surface area contributed by atoms with Gasteiger partial charge < -0.3 is 4.72 Å². The Hall–Kier alpha value is -3.52. The molecule has 0 spiro atoms. The van der Waals surface area contributed by atoms with Crippen molar-refractivity contribution in [3.8, 4) is 11.3 Å². The van der Waals surface area contributed by atoms with Crippen LogP contribution < -0.4 is 10.0 Å². The summed E-state index contributed by atoms with van der Waals surface area (Å²) < 4.78 is 17.2. The van der Waals surface area contributed by atoms with Crippen LogP contribution in [0.2, 0.25) is 0 Å². The average Bonchev–Trinajstić information content (AvgIpc) is 3.55. The summed E-state index contributed by atoms with van der Waals surface area (Å²) in [5.74, 6) is 0.838. The predicted octanol–water partition coefficient (Wildman–Crippen LogP) is 4.02. The van der Waals surface area contributed by atoms with Crippen LogP contribution in [-0.2, 0) is 21.5 Å². The van der Waals surface area contributed by atoms with Gasteiger partial charge in [-0.25, -0.2) is 8.72 Å². The molecule has 0 aliphatic heterocycles. The highest BCUT2D eigenvalue weighted by molar-refractivity contribution is 7.85. The Kier molecular flexibility index (Phi) is 5.21. The van der Waals surface area contributed by atoms with E-state index in [0.29, 0.717) is 17.3 Å². The van der Waals surface area contributed by atoms with Crippen molar-refractivity contribution in [3.63, 3.8) is 0 Å². The highest BCUT2D eigenvalue weighted by atomic mass is 32.2. The molecule has 0 saturated heterocycles. The van der Waals surface area contributed by atoms with Gasteiger partial charge in [-0.05, 0) is 42.7 Å². The van der Waals surface area contributed by atoms with Crippen molar-refractivity contribution in [1.29, 1.82) is 0 Å². The predicted molar refractivity (Wildman–Crippen MR) is 122 cm³/mol. The summed E-state index contributed by atoms with van der Waals surface area (Å²) >= 11 is 0. The maximum Gasteiger partial charge on any atom is 0.249 e. The lowest BCUT2D eigenvalue weighted by atomic mass is 10.1. The van der Waals surface area contributed by atoms with Crippen LogP contribution in [0.1, 0.15) is 18.4 Å². The minimum atomic E-state index is -1.21. The minimum Gasteiger partial charge on any atom is -0.305 e. The Morgan fingerprint density at radius 3 is 2.52 bits per heavy atom. The smallest absolute Gasteiger partial charge is 0.249 e. The Morgan fingerprint density at radius 1 is 1.00 bits per heavy atom. The zero-order valence-electron chi connectivity index (χ0n) is 16.7.